The Hall–Kier alpha value is -2.03. The molecule has 2 aromatic rings. The maximum atomic E-state index is 12.2. The summed E-state index contributed by atoms with van der Waals surface area (Å²) >= 11 is 0. The van der Waals surface area contributed by atoms with Crippen molar-refractivity contribution >= 4 is 0 Å². The van der Waals surface area contributed by atoms with Crippen molar-refractivity contribution in [2.45, 2.75) is 45.5 Å². The normalized spacial score (nSPS) is 20.3. The van der Waals surface area contributed by atoms with Gasteiger partial charge < -0.3 is 4.74 Å². The Labute approximate surface area is 164 Å². The van der Waals surface area contributed by atoms with E-state index < -0.39 is 0 Å². The van der Waals surface area contributed by atoms with E-state index in [-0.39, 0.29) is 5.56 Å². The first-order chi connectivity index (χ1) is 13.7. The SMILES string of the molecule is O=c1cc2c(nn1CCN1CCN(Cc3cc4n(n3)CCOC4)CC1)CCC2. The summed E-state index contributed by atoms with van der Waals surface area (Å²) in [6.45, 7) is 8.88. The molecule has 150 valence electrons. The van der Waals surface area contributed by atoms with Crippen molar-refractivity contribution in [3.8, 4) is 0 Å². The van der Waals surface area contributed by atoms with E-state index in [0.717, 1.165) is 88.6 Å². The van der Waals surface area contributed by atoms with Gasteiger partial charge in [0.25, 0.3) is 5.56 Å². The van der Waals surface area contributed by atoms with E-state index in [1.54, 1.807) is 10.7 Å². The van der Waals surface area contributed by atoms with Crippen LogP contribution in [0.3, 0.4) is 0 Å². The van der Waals surface area contributed by atoms with Crippen LogP contribution in [0.1, 0.15) is 29.1 Å². The molecule has 3 aliphatic rings. The fourth-order valence-electron chi connectivity index (χ4n) is 4.47. The van der Waals surface area contributed by atoms with Crippen molar-refractivity contribution in [1.29, 1.82) is 0 Å². The molecule has 1 fully saturated rings. The van der Waals surface area contributed by atoms with E-state index in [4.69, 9.17) is 9.84 Å². The molecule has 1 aliphatic carbocycles. The molecular weight excluding hydrogens is 356 g/mol. The second-order valence-corrected chi connectivity index (χ2v) is 8.05. The lowest BCUT2D eigenvalue weighted by atomic mass is 10.2. The van der Waals surface area contributed by atoms with E-state index in [2.05, 4.69) is 25.6 Å². The lowest BCUT2D eigenvalue weighted by molar-refractivity contribution is 0.0798. The van der Waals surface area contributed by atoms with Gasteiger partial charge in [-0.25, -0.2) is 4.68 Å². The summed E-state index contributed by atoms with van der Waals surface area (Å²) in [7, 11) is 0. The van der Waals surface area contributed by atoms with Gasteiger partial charge in [0.1, 0.15) is 0 Å². The molecule has 0 spiro atoms. The van der Waals surface area contributed by atoms with Crippen LogP contribution in [0.5, 0.6) is 0 Å². The molecule has 28 heavy (non-hydrogen) atoms. The van der Waals surface area contributed by atoms with Gasteiger partial charge in [0.05, 0.1) is 43.4 Å². The number of fused-ring (bicyclic) bond motifs is 2. The predicted octanol–water partition coefficient (Wildman–Crippen LogP) is 0.277. The van der Waals surface area contributed by atoms with Crippen LogP contribution in [0, 0.1) is 0 Å². The van der Waals surface area contributed by atoms with Gasteiger partial charge in [-0.05, 0) is 30.9 Å². The third-order valence-electron chi connectivity index (χ3n) is 6.11. The fraction of sp³-hybridized carbons (Fsp3) is 0.650. The monoisotopic (exact) mass is 384 g/mol. The molecule has 0 amide bonds. The smallest absolute Gasteiger partial charge is 0.267 e. The number of aromatic nitrogens is 4. The van der Waals surface area contributed by atoms with E-state index in [1.807, 2.05) is 0 Å². The molecule has 8 heteroatoms. The van der Waals surface area contributed by atoms with Crippen LogP contribution in [0.4, 0.5) is 0 Å². The zero-order valence-electron chi connectivity index (χ0n) is 16.3. The summed E-state index contributed by atoms with van der Waals surface area (Å²) in [4.78, 5) is 17.1. The van der Waals surface area contributed by atoms with Gasteiger partial charge in [0.2, 0.25) is 0 Å². The predicted molar refractivity (Wildman–Crippen MR) is 104 cm³/mol. The molecule has 0 atom stereocenters. The van der Waals surface area contributed by atoms with Gasteiger partial charge in [-0.1, -0.05) is 0 Å². The highest BCUT2D eigenvalue weighted by atomic mass is 16.5. The van der Waals surface area contributed by atoms with E-state index in [0.29, 0.717) is 13.2 Å². The minimum absolute atomic E-state index is 0.0482. The number of aryl methyl sites for hydroxylation is 2. The topological polar surface area (TPSA) is 68.4 Å². The number of rotatable bonds is 5. The van der Waals surface area contributed by atoms with Crippen molar-refractivity contribution in [3.05, 3.63) is 45.1 Å². The van der Waals surface area contributed by atoms with E-state index >= 15 is 0 Å². The maximum absolute atomic E-state index is 12.2. The van der Waals surface area contributed by atoms with Crippen molar-refractivity contribution in [2.24, 2.45) is 0 Å². The second-order valence-electron chi connectivity index (χ2n) is 8.05. The Morgan fingerprint density at radius 3 is 2.68 bits per heavy atom. The molecular formula is C20H28N6O2. The highest BCUT2D eigenvalue weighted by Crippen LogP contribution is 2.17. The average molecular weight is 384 g/mol. The largest absolute Gasteiger partial charge is 0.373 e. The highest BCUT2D eigenvalue weighted by Gasteiger charge is 2.20. The second kappa shape index (κ2) is 7.77. The third-order valence-corrected chi connectivity index (χ3v) is 6.11. The number of hydrogen-bond donors (Lipinski definition) is 0. The van der Waals surface area contributed by atoms with Gasteiger partial charge in [-0.15, -0.1) is 0 Å². The summed E-state index contributed by atoms with van der Waals surface area (Å²) in [5.41, 5.74) is 4.65. The fourth-order valence-corrected chi connectivity index (χ4v) is 4.47. The van der Waals surface area contributed by atoms with Crippen LogP contribution in [-0.2, 0) is 43.8 Å². The third kappa shape index (κ3) is 3.76. The summed E-state index contributed by atoms with van der Waals surface area (Å²) in [5.74, 6) is 0. The maximum Gasteiger partial charge on any atom is 0.267 e. The van der Waals surface area contributed by atoms with Crippen LogP contribution in [0.2, 0.25) is 0 Å². The van der Waals surface area contributed by atoms with Gasteiger partial charge in [0, 0.05) is 45.3 Å². The lowest BCUT2D eigenvalue weighted by Crippen LogP contribution is -2.47. The zero-order valence-corrected chi connectivity index (χ0v) is 16.3. The number of nitrogens with zero attached hydrogens (tertiary/aromatic N) is 6. The molecule has 0 saturated carbocycles. The van der Waals surface area contributed by atoms with Gasteiger partial charge in [-0.2, -0.15) is 10.2 Å². The van der Waals surface area contributed by atoms with Crippen LogP contribution in [0.25, 0.3) is 0 Å². The summed E-state index contributed by atoms with van der Waals surface area (Å²) < 4.78 is 9.24. The average Bonchev–Trinajstić information content (AvgIpc) is 3.32. The highest BCUT2D eigenvalue weighted by molar-refractivity contribution is 5.22. The van der Waals surface area contributed by atoms with Crippen molar-refractivity contribution in [1.82, 2.24) is 29.4 Å². The van der Waals surface area contributed by atoms with E-state index in [1.165, 1.54) is 5.69 Å². The zero-order chi connectivity index (χ0) is 18.9. The number of ether oxygens (including phenoxy) is 1. The van der Waals surface area contributed by atoms with Crippen LogP contribution in [-0.4, -0.2) is 68.7 Å². The molecule has 1 saturated heterocycles. The van der Waals surface area contributed by atoms with Crippen molar-refractivity contribution < 1.29 is 4.74 Å². The molecule has 0 bridgehead atoms. The molecule has 5 rings (SSSR count). The van der Waals surface area contributed by atoms with Gasteiger partial charge >= 0.3 is 0 Å². The lowest BCUT2D eigenvalue weighted by Gasteiger charge is -2.34. The summed E-state index contributed by atoms with van der Waals surface area (Å²) in [5, 5.41) is 9.30. The first-order valence-corrected chi connectivity index (χ1v) is 10.4. The molecule has 2 aromatic heterocycles. The summed E-state index contributed by atoms with van der Waals surface area (Å²) in [6, 6.07) is 3.97. The minimum atomic E-state index is 0.0482. The standard InChI is InChI=1S/C20H28N6O2/c27-20-12-16-2-1-3-19(16)22-26(20)9-8-23-4-6-24(7-5-23)14-17-13-18-15-28-11-10-25(18)21-17/h12-13H,1-11,14-15H2. The van der Waals surface area contributed by atoms with Gasteiger partial charge in [-0.3, -0.25) is 19.3 Å². The van der Waals surface area contributed by atoms with Crippen LogP contribution < -0.4 is 5.56 Å². The number of piperazine rings is 1. The molecule has 0 aromatic carbocycles. The quantitative estimate of drug-likeness (QED) is 0.738. The first-order valence-electron chi connectivity index (χ1n) is 10.4. The number of hydrogen-bond acceptors (Lipinski definition) is 6. The minimum Gasteiger partial charge on any atom is -0.373 e. The Bertz CT molecular complexity index is 873. The first kappa shape index (κ1) is 18.0. The molecule has 0 radical (unpaired) electrons. The Morgan fingerprint density at radius 2 is 1.82 bits per heavy atom. The van der Waals surface area contributed by atoms with Crippen LogP contribution >= 0.6 is 0 Å². The Kier molecular flexibility index (Phi) is 5.00. The molecule has 4 heterocycles. The van der Waals surface area contributed by atoms with Crippen molar-refractivity contribution in [3.63, 3.8) is 0 Å². The molecule has 8 nitrogen and oxygen atoms in total. The summed E-state index contributed by atoms with van der Waals surface area (Å²) in [6.07, 6.45) is 3.14. The Balaban J connectivity index is 1.12. The van der Waals surface area contributed by atoms with Gasteiger partial charge in [0.15, 0.2) is 0 Å². The molecule has 0 unspecified atom stereocenters. The van der Waals surface area contributed by atoms with Crippen molar-refractivity contribution in [2.75, 3.05) is 39.3 Å². The molecule has 0 N–H and O–H groups in total. The van der Waals surface area contributed by atoms with Crippen LogP contribution in [0.15, 0.2) is 16.9 Å². The molecule has 2 aliphatic heterocycles. The Morgan fingerprint density at radius 1 is 0.964 bits per heavy atom. The van der Waals surface area contributed by atoms with E-state index in [9.17, 15) is 4.79 Å².